The van der Waals surface area contributed by atoms with Crippen molar-refractivity contribution < 1.29 is 9.59 Å². The minimum absolute atomic E-state index is 0.0267. The van der Waals surface area contributed by atoms with Gasteiger partial charge in [-0.1, -0.05) is 36.4 Å². The molecule has 126 valence electrons. The van der Waals surface area contributed by atoms with Crippen molar-refractivity contribution in [2.45, 2.75) is 0 Å². The average Bonchev–Trinajstić information content (AvgIpc) is 2.66. The molecule has 0 heterocycles. The maximum absolute atomic E-state index is 11.8. The van der Waals surface area contributed by atoms with Crippen molar-refractivity contribution in [2.24, 2.45) is 4.99 Å². The molecule has 25 heavy (non-hydrogen) atoms. The van der Waals surface area contributed by atoms with Crippen LogP contribution >= 0.6 is 0 Å². The zero-order valence-electron chi connectivity index (χ0n) is 13.4. The highest BCUT2D eigenvalue weighted by Crippen LogP contribution is 2.10. The lowest BCUT2D eigenvalue weighted by molar-refractivity contribution is -0.107. The van der Waals surface area contributed by atoms with E-state index in [1.54, 1.807) is 24.3 Å². The first-order chi connectivity index (χ1) is 12.2. The van der Waals surface area contributed by atoms with Crippen LogP contribution in [0.2, 0.25) is 0 Å². The van der Waals surface area contributed by atoms with Crippen LogP contribution in [0.1, 0.15) is 15.9 Å². The van der Waals surface area contributed by atoms with Gasteiger partial charge in [0.2, 0.25) is 0 Å². The van der Waals surface area contributed by atoms with Crippen molar-refractivity contribution in [3.05, 3.63) is 65.7 Å². The number of aldehydes is 1. The molecule has 0 aromatic heterocycles. The summed E-state index contributed by atoms with van der Waals surface area (Å²) in [5, 5.41) is 17.0. The average molecular weight is 335 g/mol. The van der Waals surface area contributed by atoms with E-state index in [0.29, 0.717) is 23.4 Å². The minimum Gasteiger partial charge on any atom is -0.366 e. The van der Waals surface area contributed by atoms with E-state index >= 15 is 0 Å². The molecule has 0 fully saturated rings. The van der Waals surface area contributed by atoms with Gasteiger partial charge in [0.25, 0.3) is 5.91 Å². The van der Waals surface area contributed by atoms with Gasteiger partial charge in [0.05, 0.1) is 6.54 Å². The van der Waals surface area contributed by atoms with Gasteiger partial charge in [-0.25, -0.2) is 4.99 Å². The fraction of sp³-hybridized carbons (Fsp3) is 0.111. The van der Waals surface area contributed by atoms with E-state index in [4.69, 9.17) is 5.26 Å². The first-order valence-electron chi connectivity index (χ1n) is 7.55. The van der Waals surface area contributed by atoms with Crippen molar-refractivity contribution in [1.29, 1.82) is 5.26 Å². The summed E-state index contributed by atoms with van der Waals surface area (Å²) in [6.45, 7) is 0.194. The number of carbonyl (C=O) groups is 2. The fourth-order valence-electron chi connectivity index (χ4n) is 2.07. The number of benzene rings is 2. The molecular formula is C18H17N5O2. The predicted molar refractivity (Wildman–Crippen MR) is 95.1 cm³/mol. The Labute approximate surface area is 145 Å². The molecule has 0 bridgehead atoms. The van der Waals surface area contributed by atoms with Crippen molar-refractivity contribution >= 4 is 23.7 Å². The number of nitrogens with one attached hydrogen (secondary N) is 3. The SMILES string of the molecule is N#CNC(=NCNc1cccc(C(=O)NCC=O)c1)c1ccccc1. The molecule has 7 heteroatoms. The lowest BCUT2D eigenvalue weighted by Crippen LogP contribution is -2.25. The molecule has 2 aromatic rings. The molecule has 2 aromatic carbocycles. The van der Waals surface area contributed by atoms with Gasteiger partial charge in [-0.05, 0) is 18.2 Å². The molecule has 0 aliphatic carbocycles. The molecule has 3 N–H and O–H groups in total. The summed E-state index contributed by atoms with van der Waals surface area (Å²) < 4.78 is 0. The number of carbonyl (C=O) groups excluding carboxylic acids is 2. The molecule has 0 aliphatic heterocycles. The van der Waals surface area contributed by atoms with Crippen LogP contribution in [-0.4, -0.2) is 31.2 Å². The molecule has 0 atom stereocenters. The Morgan fingerprint density at radius 1 is 1.12 bits per heavy atom. The zero-order valence-corrected chi connectivity index (χ0v) is 13.4. The van der Waals surface area contributed by atoms with Crippen LogP contribution in [0.5, 0.6) is 0 Å². The summed E-state index contributed by atoms with van der Waals surface area (Å²) in [5.41, 5.74) is 1.94. The number of hydrogen-bond acceptors (Lipinski definition) is 5. The number of nitrogens with zero attached hydrogens (tertiary/aromatic N) is 2. The van der Waals surface area contributed by atoms with Crippen molar-refractivity contribution in [3.63, 3.8) is 0 Å². The van der Waals surface area contributed by atoms with Gasteiger partial charge >= 0.3 is 0 Å². The number of amides is 1. The van der Waals surface area contributed by atoms with Crippen molar-refractivity contribution in [1.82, 2.24) is 10.6 Å². The van der Waals surface area contributed by atoms with Crippen LogP contribution in [0.3, 0.4) is 0 Å². The smallest absolute Gasteiger partial charge is 0.251 e. The van der Waals surface area contributed by atoms with Crippen LogP contribution in [0.25, 0.3) is 0 Å². The maximum Gasteiger partial charge on any atom is 0.251 e. The Hall–Kier alpha value is -3.66. The predicted octanol–water partition coefficient (Wildman–Crippen LogP) is 1.50. The molecule has 0 radical (unpaired) electrons. The molecule has 0 spiro atoms. The maximum atomic E-state index is 11.8. The molecule has 0 aliphatic rings. The van der Waals surface area contributed by atoms with Crippen LogP contribution in [0, 0.1) is 11.5 Å². The molecule has 2 rings (SSSR count). The second kappa shape index (κ2) is 9.47. The van der Waals surface area contributed by atoms with Gasteiger partial charge in [-0.2, -0.15) is 5.26 Å². The number of nitriles is 1. The third kappa shape index (κ3) is 5.48. The van der Waals surface area contributed by atoms with E-state index in [1.807, 2.05) is 36.5 Å². The van der Waals surface area contributed by atoms with E-state index in [0.717, 1.165) is 5.56 Å². The lowest BCUT2D eigenvalue weighted by atomic mass is 10.2. The molecule has 1 amide bonds. The first-order valence-corrected chi connectivity index (χ1v) is 7.55. The van der Waals surface area contributed by atoms with Crippen LogP contribution in [-0.2, 0) is 4.79 Å². The Kier molecular flexibility index (Phi) is 6.70. The van der Waals surface area contributed by atoms with Gasteiger partial charge in [0.15, 0.2) is 6.19 Å². The number of rotatable bonds is 7. The largest absolute Gasteiger partial charge is 0.366 e. The Balaban J connectivity index is 2.03. The second-order valence-electron chi connectivity index (χ2n) is 4.90. The number of aliphatic imine (C=N–C) groups is 1. The highest BCUT2D eigenvalue weighted by Gasteiger charge is 2.05. The molecule has 7 nitrogen and oxygen atoms in total. The molecule has 0 saturated carbocycles. The van der Waals surface area contributed by atoms with Crippen LogP contribution < -0.4 is 16.0 Å². The standard InChI is InChI=1S/C18H17N5O2/c19-12-21-17(14-5-2-1-3-6-14)23-13-22-16-8-4-7-15(11-16)18(25)20-9-10-24/h1-8,10-11,22H,9,13H2,(H,20,25)(H,21,23). The van der Waals surface area contributed by atoms with Crippen molar-refractivity contribution in [2.75, 3.05) is 18.5 Å². The topological polar surface area (TPSA) is 106 Å². The van der Waals surface area contributed by atoms with Crippen LogP contribution in [0.4, 0.5) is 5.69 Å². The van der Waals surface area contributed by atoms with E-state index < -0.39 is 0 Å². The number of anilines is 1. The van der Waals surface area contributed by atoms with Gasteiger partial charge in [-0.3, -0.25) is 10.1 Å². The van der Waals surface area contributed by atoms with Gasteiger partial charge in [0, 0.05) is 16.8 Å². The number of hydrogen-bond donors (Lipinski definition) is 3. The molecule has 0 saturated heterocycles. The zero-order chi connectivity index (χ0) is 17.9. The summed E-state index contributed by atoms with van der Waals surface area (Å²) >= 11 is 0. The highest BCUT2D eigenvalue weighted by molar-refractivity contribution is 5.99. The summed E-state index contributed by atoms with van der Waals surface area (Å²) in [7, 11) is 0. The monoisotopic (exact) mass is 335 g/mol. The summed E-state index contributed by atoms with van der Waals surface area (Å²) in [4.78, 5) is 26.5. The fourth-order valence-corrected chi connectivity index (χ4v) is 2.07. The molecular weight excluding hydrogens is 318 g/mol. The quantitative estimate of drug-likeness (QED) is 0.234. The molecule has 0 unspecified atom stereocenters. The van der Waals surface area contributed by atoms with E-state index in [-0.39, 0.29) is 19.1 Å². The first kappa shape index (κ1) is 17.7. The van der Waals surface area contributed by atoms with Gasteiger partial charge in [0.1, 0.15) is 18.8 Å². The third-order valence-electron chi connectivity index (χ3n) is 3.21. The lowest BCUT2D eigenvalue weighted by Gasteiger charge is -2.08. The van der Waals surface area contributed by atoms with Gasteiger partial charge in [-0.15, -0.1) is 0 Å². The van der Waals surface area contributed by atoms with Gasteiger partial charge < -0.3 is 15.4 Å². The summed E-state index contributed by atoms with van der Waals surface area (Å²) in [5.74, 6) is 0.130. The Morgan fingerprint density at radius 3 is 2.60 bits per heavy atom. The Bertz CT molecular complexity index is 797. The van der Waals surface area contributed by atoms with Crippen LogP contribution in [0.15, 0.2) is 59.6 Å². The van der Waals surface area contributed by atoms with E-state index in [9.17, 15) is 9.59 Å². The minimum atomic E-state index is -0.324. The Morgan fingerprint density at radius 2 is 1.88 bits per heavy atom. The second-order valence-corrected chi connectivity index (χ2v) is 4.90. The van der Waals surface area contributed by atoms with Crippen molar-refractivity contribution in [3.8, 4) is 6.19 Å². The highest BCUT2D eigenvalue weighted by atomic mass is 16.2. The summed E-state index contributed by atoms with van der Waals surface area (Å²) in [6, 6.07) is 16.1. The van der Waals surface area contributed by atoms with E-state index in [1.165, 1.54) is 0 Å². The third-order valence-corrected chi connectivity index (χ3v) is 3.21. The van der Waals surface area contributed by atoms with E-state index in [2.05, 4.69) is 20.9 Å². The normalized spacial score (nSPS) is 10.4. The summed E-state index contributed by atoms with van der Waals surface area (Å²) in [6.07, 6.45) is 2.50. The number of amidine groups is 1.